The van der Waals surface area contributed by atoms with Gasteiger partial charge in [-0.15, -0.1) is 0 Å². The summed E-state index contributed by atoms with van der Waals surface area (Å²) in [6, 6.07) is 5.00. The van der Waals surface area contributed by atoms with E-state index in [-0.39, 0.29) is 11.5 Å². The van der Waals surface area contributed by atoms with Crippen molar-refractivity contribution < 1.29 is 14.9 Å². The maximum absolute atomic E-state index is 10.3. The van der Waals surface area contributed by atoms with Crippen molar-refractivity contribution in [3.05, 3.63) is 28.8 Å². The number of phenols is 2. The quantitative estimate of drug-likeness (QED) is 0.829. The van der Waals surface area contributed by atoms with Gasteiger partial charge in [0.2, 0.25) is 0 Å². The molecule has 96 valence electrons. The average molecular weight is 267 g/mol. The molecule has 0 atom stereocenters. The third-order valence-corrected chi connectivity index (χ3v) is 3.21. The molecule has 2 rings (SSSR count). The predicted octanol–water partition coefficient (Wildman–Crippen LogP) is 3.87. The summed E-state index contributed by atoms with van der Waals surface area (Å²) in [5.74, 6) is 0.499. The van der Waals surface area contributed by atoms with Crippen molar-refractivity contribution in [3.63, 3.8) is 0 Å². The van der Waals surface area contributed by atoms with E-state index < -0.39 is 0 Å². The van der Waals surface area contributed by atoms with Crippen molar-refractivity contribution in [2.75, 3.05) is 7.11 Å². The molecule has 2 N–H and O–H groups in total. The summed E-state index contributed by atoms with van der Waals surface area (Å²) in [5.41, 5.74) is 0.632. The van der Waals surface area contributed by atoms with Gasteiger partial charge in [-0.3, -0.25) is 0 Å². The van der Waals surface area contributed by atoms with Gasteiger partial charge in [0.25, 0.3) is 0 Å². The van der Waals surface area contributed by atoms with Crippen LogP contribution in [0.3, 0.4) is 0 Å². The summed E-state index contributed by atoms with van der Waals surface area (Å²) in [7, 11) is 1.48. The van der Waals surface area contributed by atoms with Crippen LogP contribution >= 0.6 is 11.6 Å². The van der Waals surface area contributed by atoms with Crippen molar-refractivity contribution in [2.45, 2.75) is 19.8 Å². The van der Waals surface area contributed by atoms with Crippen molar-refractivity contribution >= 4 is 22.4 Å². The standard InChI is InChI=1S/C14H15ClO3/c1-3-4-10-12(16)9-6-5-8(15)7-11(9)13(17)14(10)18-2/h5-7,16-17H,3-4H2,1-2H3. The van der Waals surface area contributed by atoms with E-state index in [1.54, 1.807) is 18.2 Å². The maximum atomic E-state index is 10.3. The fraction of sp³-hybridized carbons (Fsp3) is 0.286. The lowest BCUT2D eigenvalue weighted by Gasteiger charge is -2.15. The van der Waals surface area contributed by atoms with Crippen LogP contribution in [-0.4, -0.2) is 17.3 Å². The predicted molar refractivity (Wildman–Crippen MR) is 72.8 cm³/mol. The molecular weight excluding hydrogens is 252 g/mol. The minimum absolute atomic E-state index is 0.0243. The highest BCUT2D eigenvalue weighted by atomic mass is 35.5. The Morgan fingerprint density at radius 1 is 1.17 bits per heavy atom. The Hall–Kier alpha value is -1.61. The zero-order chi connectivity index (χ0) is 13.3. The highest BCUT2D eigenvalue weighted by Crippen LogP contribution is 2.45. The van der Waals surface area contributed by atoms with Gasteiger partial charge >= 0.3 is 0 Å². The van der Waals surface area contributed by atoms with Gasteiger partial charge in [0.1, 0.15) is 5.75 Å². The van der Waals surface area contributed by atoms with Crippen LogP contribution in [0.4, 0.5) is 0 Å². The molecule has 4 heteroatoms. The van der Waals surface area contributed by atoms with Gasteiger partial charge in [-0.05, 0) is 24.6 Å². The van der Waals surface area contributed by atoms with Crippen molar-refractivity contribution in [3.8, 4) is 17.2 Å². The van der Waals surface area contributed by atoms with Gasteiger partial charge in [-0.1, -0.05) is 24.9 Å². The lowest BCUT2D eigenvalue weighted by Crippen LogP contribution is -1.95. The fourth-order valence-electron chi connectivity index (χ4n) is 2.16. The van der Waals surface area contributed by atoms with Gasteiger partial charge < -0.3 is 14.9 Å². The first-order valence-corrected chi connectivity index (χ1v) is 6.18. The molecule has 2 aromatic carbocycles. The van der Waals surface area contributed by atoms with E-state index in [4.69, 9.17) is 16.3 Å². The second-order valence-electron chi connectivity index (χ2n) is 4.15. The minimum Gasteiger partial charge on any atom is -0.507 e. The Kier molecular flexibility index (Phi) is 3.53. The van der Waals surface area contributed by atoms with Gasteiger partial charge in [0.15, 0.2) is 11.5 Å². The van der Waals surface area contributed by atoms with E-state index in [9.17, 15) is 10.2 Å². The second kappa shape index (κ2) is 4.94. The summed E-state index contributed by atoms with van der Waals surface area (Å²) in [6.45, 7) is 2.00. The molecule has 0 unspecified atom stereocenters. The number of halogens is 1. The zero-order valence-corrected chi connectivity index (χ0v) is 11.1. The number of fused-ring (bicyclic) bond motifs is 1. The summed E-state index contributed by atoms with van der Waals surface area (Å²) >= 11 is 5.91. The molecule has 0 saturated carbocycles. The number of rotatable bonds is 3. The average Bonchev–Trinajstić information content (AvgIpc) is 2.36. The molecule has 2 aromatic rings. The molecule has 18 heavy (non-hydrogen) atoms. The van der Waals surface area contributed by atoms with Crippen LogP contribution < -0.4 is 4.74 Å². The summed E-state index contributed by atoms with van der Waals surface area (Å²) < 4.78 is 5.20. The third kappa shape index (κ3) is 1.95. The highest BCUT2D eigenvalue weighted by Gasteiger charge is 2.19. The number of hydrogen-bond donors (Lipinski definition) is 2. The maximum Gasteiger partial charge on any atom is 0.168 e. The molecule has 0 bridgehead atoms. The lowest BCUT2D eigenvalue weighted by molar-refractivity contribution is 0.366. The first kappa shape index (κ1) is 12.8. The Labute approximate surface area is 111 Å². The molecule has 0 fully saturated rings. The highest BCUT2D eigenvalue weighted by molar-refractivity contribution is 6.31. The van der Waals surface area contributed by atoms with E-state index in [1.807, 2.05) is 6.92 Å². The first-order chi connectivity index (χ1) is 8.60. The smallest absolute Gasteiger partial charge is 0.168 e. The second-order valence-corrected chi connectivity index (χ2v) is 4.59. The Bertz CT molecular complexity index is 593. The van der Waals surface area contributed by atoms with Crippen molar-refractivity contribution in [1.82, 2.24) is 0 Å². The molecule has 0 saturated heterocycles. The van der Waals surface area contributed by atoms with Crippen LogP contribution in [0.25, 0.3) is 10.8 Å². The number of methoxy groups -OCH3 is 1. The summed E-state index contributed by atoms with van der Waals surface area (Å²) in [6.07, 6.45) is 1.49. The van der Waals surface area contributed by atoms with Gasteiger partial charge in [0, 0.05) is 21.4 Å². The lowest BCUT2D eigenvalue weighted by atomic mass is 10.00. The van der Waals surface area contributed by atoms with Crippen LogP contribution in [0.2, 0.25) is 5.02 Å². The van der Waals surface area contributed by atoms with Crippen molar-refractivity contribution in [2.24, 2.45) is 0 Å². The van der Waals surface area contributed by atoms with Crippen LogP contribution in [-0.2, 0) is 6.42 Å². The molecule has 0 radical (unpaired) electrons. The topological polar surface area (TPSA) is 49.7 Å². The SMILES string of the molecule is CCCc1c(OC)c(O)c2cc(Cl)ccc2c1O. The molecule has 3 nitrogen and oxygen atoms in total. The normalized spacial score (nSPS) is 10.8. The Balaban J connectivity index is 2.85. The molecule has 0 amide bonds. The largest absolute Gasteiger partial charge is 0.507 e. The third-order valence-electron chi connectivity index (χ3n) is 2.97. The summed E-state index contributed by atoms with van der Waals surface area (Å²) in [5, 5.41) is 22.1. The van der Waals surface area contributed by atoms with Crippen LogP contribution in [0.15, 0.2) is 18.2 Å². The first-order valence-electron chi connectivity index (χ1n) is 5.80. The molecule has 0 aliphatic heterocycles. The van der Waals surface area contributed by atoms with E-state index in [1.165, 1.54) is 7.11 Å². The minimum atomic E-state index is 0.0243. The zero-order valence-electron chi connectivity index (χ0n) is 10.3. The monoisotopic (exact) mass is 266 g/mol. The van der Waals surface area contributed by atoms with Gasteiger partial charge in [-0.25, -0.2) is 0 Å². The van der Waals surface area contributed by atoms with Crippen LogP contribution in [0.1, 0.15) is 18.9 Å². The van der Waals surface area contributed by atoms with E-state index in [0.717, 1.165) is 6.42 Å². The number of ether oxygens (including phenoxy) is 1. The summed E-state index contributed by atoms with van der Waals surface area (Å²) in [4.78, 5) is 0. The van der Waals surface area contributed by atoms with Crippen molar-refractivity contribution in [1.29, 1.82) is 0 Å². The fourth-order valence-corrected chi connectivity index (χ4v) is 2.33. The molecule has 0 aliphatic carbocycles. The number of benzene rings is 2. The number of aromatic hydroxyl groups is 2. The molecule has 0 spiro atoms. The van der Waals surface area contributed by atoms with E-state index in [2.05, 4.69) is 0 Å². The van der Waals surface area contributed by atoms with Gasteiger partial charge in [-0.2, -0.15) is 0 Å². The van der Waals surface area contributed by atoms with E-state index >= 15 is 0 Å². The van der Waals surface area contributed by atoms with Gasteiger partial charge in [0.05, 0.1) is 7.11 Å². The molecule has 0 aliphatic rings. The molecule has 0 heterocycles. The Morgan fingerprint density at radius 3 is 2.50 bits per heavy atom. The Morgan fingerprint density at radius 2 is 1.89 bits per heavy atom. The number of phenolic OH excluding ortho intramolecular Hbond substituents is 2. The van der Waals surface area contributed by atoms with Crippen LogP contribution in [0, 0.1) is 0 Å². The number of hydrogen-bond acceptors (Lipinski definition) is 3. The van der Waals surface area contributed by atoms with Crippen LogP contribution in [0.5, 0.6) is 17.2 Å². The molecular formula is C14H15ClO3. The molecule has 0 aromatic heterocycles. The van der Waals surface area contributed by atoms with E-state index in [0.29, 0.717) is 33.5 Å².